The molecule has 6 aromatic rings. The Morgan fingerprint density at radius 1 is 0.462 bits per heavy atom. The van der Waals surface area contributed by atoms with E-state index >= 15 is 0 Å². The largest absolute Gasteiger partial charge is 0.264 e. The Kier molecular flexibility index (Phi) is 3.02. The summed E-state index contributed by atoms with van der Waals surface area (Å²) in [7, 11) is -0.908. The first-order chi connectivity index (χ1) is 12.9. The molecule has 6 rings (SSSR count). The van der Waals surface area contributed by atoms with E-state index in [1.165, 1.54) is 42.0 Å². The summed E-state index contributed by atoms with van der Waals surface area (Å²) in [6.07, 6.45) is 7.91. The summed E-state index contributed by atoms with van der Waals surface area (Å²) in [5.74, 6) is 0. The van der Waals surface area contributed by atoms with Crippen LogP contribution in [-0.4, -0.2) is 9.97 Å². The highest BCUT2D eigenvalue weighted by molar-refractivity contribution is 8.29. The number of fused-ring (bicyclic) bond motifs is 6. The fourth-order valence-corrected chi connectivity index (χ4v) is 12.6. The van der Waals surface area contributed by atoms with Crippen LogP contribution in [0.15, 0.2) is 85.5 Å². The first kappa shape index (κ1) is 14.5. The van der Waals surface area contributed by atoms with Crippen LogP contribution in [0.25, 0.3) is 42.0 Å². The average molecular weight is 368 g/mol. The molecule has 0 radical (unpaired) electrons. The molecule has 4 heteroatoms. The van der Waals surface area contributed by atoms with Gasteiger partial charge in [-0.25, -0.2) is 0 Å². The third-order valence-corrected chi connectivity index (χ3v) is 12.7. The Morgan fingerprint density at radius 2 is 0.885 bits per heavy atom. The SMILES string of the molecule is c1ccc2c(c1)c1ccccc1p2-p1c2ccncc2c2cnccc21. The van der Waals surface area contributed by atoms with Crippen molar-refractivity contribution >= 4 is 56.5 Å². The molecule has 0 aliphatic heterocycles. The Bertz CT molecular complexity index is 1220. The van der Waals surface area contributed by atoms with E-state index in [2.05, 4.69) is 70.6 Å². The maximum absolute atomic E-state index is 4.39. The van der Waals surface area contributed by atoms with Crippen LogP contribution in [0.2, 0.25) is 0 Å². The summed E-state index contributed by atoms with van der Waals surface area (Å²) in [4.78, 5) is 8.79. The molecule has 0 saturated carbocycles. The molecule has 0 saturated heterocycles. The maximum atomic E-state index is 4.39. The number of nitrogens with zero attached hydrogens (tertiary/aromatic N) is 2. The van der Waals surface area contributed by atoms with Crippen LogP contribution >= 0.6 is 14.4 Å². The number of rotatable bonds is 1. The molecule has 26 heavy (non-hydrogen) atoms. The van der Waals surface area contributed by atoms with Crippen molar-refractivity contribution in [2.45, 2.75) is 0 Å². The van der Waals surface area contributed by atoms with Gasteiger partial charge in [0.2, 0.25) is 0 Å². The van der Waals surface area contributed by atoms with Gasteiger partial charge in [0.05, 0.1) is 0 Å². The van der Waals surface area contributed by atoms with Crippen LogP contribution in [0.4, 0.5) is 0 Å². The maximum Gasteiger partial charge on any atom is 0.0356 e. The number of hydrogen-bond donors (Lipinski definition) is 0. The monoisotopic (exact) mass is 368 g/mol. The number of pyridine rings is 2. The average Bonchev–Trinajstić information content (AvgIpc) is 3.21. The van der Waals surface area contributed by atoms with E-state index in [0.29, 0.717) is 0 Å². The summed E-state index contributed by atoms with van der Waals surface area (Å²) in [5, 5.41) is 11.3. The Morgan fingerprint density at radius 3 is 1.38 bits per heavy atom. The second kappa shape index (κ2) is 5.42. The fraction of sp³-hybridized carbons (Fsp3) is 0. The van der Waals surface area contributed by atoms with Crippen molar-refractivity contribution in [3.05, 3.63) is 85.5 Å². The zero-order chi connectivity index (χ0) is 17.1. The van der Waals surface area contributed by atoms with Gasteiger partial charge >= 0.3 is 0 Å². The number of hydrogen-bond acceptors (Lipinski definition) is 2. The zero-order valence-electron chi connectivity index (χ0n) is 13.9. The molecular formula is C22H14N2P2. The summed E-state index contributed by atoms with van der Waals surface area (Å²) in [5.41, 5.74) is 0. The zero-order valence-corrected chi connectivity index (χ0v) is 15.7. The molecule has 0 aliphatic carbocycles. The quantitative estimate of drug-likeness (QED) is 0.303. The van der Waals surface area contributed by atoms with Crippen molar-refractivity contribution in [1.82, 2.24) is 9.97 Å². The van der Waals surface area contributed by atoms with Gasteiger partial charge in [-0.2, -0.15) is 0 Å². The summed E-state index contributed by atoms with van der Waals surface area (Å²) in [6.45, 7) is 0. The van der Waals surface area contributed by atoms with Crippen LogP contribution < -0.4 is 0 Å². The van der Waals surface area contributed by atoms with Crippen LogP contribution in [0.5, 0.6) is 0 Å². The predicted octanol–water partition coefficient (Wildman–Crippen LogP) is 7.37. The van der Waals surface area contributed by atoms with Gasteiger partial charge in [0.1, 0.15) is 0 Å². The van der Waals surface area contributed by atoms with Gasteiger partial charge in [-0.05, 0) is 35.0 Å². The molecule has 0 spiro atoms. The van der Waals surface area contributed by atoms with Crippen LogP contribution in [0.1, 0.15) is 0 Å². The minimum atomic E-state index is -0.466. The van der Waals surface area contributed by atoms with E-state index in [1.54, 1.807) is 0 Å². The van der Waals surface area contributed by atoms with Crippen LogP contribution in [0, 0.1) is 0 Å². The summed E-state index contributed by atoms with van der Waals surface area (Å²) >= 11 is 0. The fourth-order valence-electron chi connectivity index (χ4n) is 4.02. The second-order valence-electron chi connectivity index (χ2n) is 6.44. The predicted molar refractivity (Wildman–Crippen MR) is 115 cm³/mol. The topological polar surface area (TPSA) is 25.8 Å². The number of benzene rings is 2. The molecule has 122 valence electrons. The summed E-state index contributed by atoms with van der Waals surface area (Å²) < 4.78 is 0. The van der Waals surface area contributed by atoms with Gasteiger partial charge in [-0.1, -0.05) is 50.8 Å². The highest BCUT2D eigenvalue weighted by atomic mass is 32.0. The van der Waals surface area contributed by atoms with E-state index in [1.807, 2.05) is 24.8 Å². The van der Waals surface area contributed by atoms with Crippen molar-refractivity contribution in [2.24, 2.45) is 0 Å². The normalized spacial score (nSPS) is 11.8. The first-order valence-electron chi connectivity index (χ1n) is 8.60. The van der Waals surface area contributed by atoms with Gasteiger partial charge in [0.15, 0.2) is 0 Å². The standard InChI is InChI=1S/C22H14N2P2/c1-3-7-19-15(5-1)16-6-2-4-8-20(16)25(19)26-21-9-11-23-13-17(21)18-14-24-12-10-22(18)26/h1-14H. The Labute approximate surface area is 152 Å². The van der Waals surface area contributed by atoms with Crippen molar-refractivity contribution in [3.63, 3.8) is 0 Å². The van der Waals surface area contributed by atoms with Crippen LogP contribution in [0.3, 0.4) is 0 Å². The lowest BCUT2D eigenvalue weighted by Gasteiger charge is -2.05. The minimum Gasteiger partial charge on any atom is -0.264 e. The van der Waals surface area contributed by atoms with Gasteiger partial charge in [-0.3, -0.25) is 9.97 Å². The highest BCUT2D eigenvalue weighted by Crippen LogP contribution is 2.71. The van der Waals surface area contributed by atoms with Gasteiger partial charge in [0, 0.05) is 56.0 Å². The van der Waals surface area contributed by atoms with Crippen molar-refractivity contribution in [1.29, 1.82) is 0 Å². The lowest BCUT2D eigenvalue weighted by molar-refractivity contribution is 1.36. The van der Waals surface area contributed by atoms with E-state index in [0.717, 1.165) is 0 Å². The molecule has 0 aliphatic rings. The van der Waals surface area contributed by atoms with E-state index < -0.39 is 14.4 Å². The second-order valence-corrected chi connectivity index (χ2v) is 12.0. The molecule has 0 N–H and O–H groups in total. The lowest BCUT2D eigenvalue weighted by Crippen LogP contribution is -1.70. The van der Waals surface area contributed by atoms with Crippen LogP contribution in [-0.2, 0) is 0 Å². The molecule has 4 heterocycles. The van der Waals surface area contributed by atoms with Crippen molar-refractivity contribution < 1.29 is 0 Å². The molecule has 4 aromatic heterocycles. The molecule has 0 bridgehead atoms. The van der Waals surface area contributed by atoms with Crippen molar-refractivity contribution in [2.75, 3.05) is 0 Å². The van der Waals surface area contributed by atoms with E-state index in [9.17, 15) is 0 Å². The van der Waals surface area contributed by atoms with E-state index in [-0.39, 0.29) is 0 Å². The van der Waals surface area contributed by atoms with Gasteiger partial charge in [0.25, 0.3) is 0 Å². The molecule has 0 atom stereocenters. The minimum absolute atomic E-state index is 0.442. The molecule has 2 nitrogen and oxygen atoms in total. The summed E-state index contributed by atoms with van der Waals surface area (Å²) in [6, 6.07) is 22.4. The third-order valence-electron chi connectivity index (χ3n) is 5.10. The third kappa shape index (κ3) is 1.84. The van der Waals surface area contributed by atoms with Crippen molar-refractivity contribution in [3.8, 4) is 0 Å². The molecule has 0 unspecified atom stereocenters. The Hall–Kier alpha value is -2.66. The highest BCUT2D eigenvalue weighted by Gasteiger charge is 2.19. The molecule has 2 aromatic carbocycles. The van der Waals surface area contributed by atoms with Gasteiger partial charge in [-0.15, -0.1) is 0 Å². The number of aromatic nitrogens is 2. The molecular weight excluding hydrogens is 354 g/mol. The Balaban J connectivity index is 1.93. The van der Waals surface area contributed by atoms with Gasteiger partial charge < -0.3 is 0 Å². The first-order valence-corrected chi connectivity index (χ1v) is 12.0. The molecule has 0 amide bonds. The molecule has 0 fully saturated rings. The van der Waals surface area contributed by atoms with E-state index in [4.69, 9.17) is 0 Å². The smallest absolute Gasteiger partial charge is 0.0356 e. The lowest BCUT2D eigenvalue weighted by atomic mass is 10.2.